The third-order valence-electron chi connectivity index (χ3n) is 3.08. The Kier molecular flexibility index (Phi) is 3.15. The molecule has 0 unspecified atom stereocenters. The molecule has 0 aliphatic heterocycles. The number of pyridine rings is 1. The third-order valence-corrected chi connectivity index (χ3v) is 3.08. The molecular weight excluding hydrogens is 264 g/mol. The zero-order valence-electron chi connectivity index (χ0n) is 9.07. The average Bonchev–Trinajstić information content (AvgIpc) is 3.02. The quantitative estimate of drug-likeness (QED) is 0.562. The van der Waals surface area contributed by atoms with E-state index in [0.29, 0.717) is 0 Å². The number of nitrogen functional groups attached to an aromatic ring is 1. The van der Waals surface area contributed by atoms with Crippen LogP contribution < -0.4 is 27.3 Å². The average molecular weight is 279 g/mol. The summed E-state index contributed by atoms with van der Waals surface area (Å²) in [5, 5.41) is 2.39. The van der Waals surface area contributed by atoms with Gasteiger partial charge in [0.1, 0.15) is 0 Å². The van der Waals surface area contributed by atoms with E-state index in [2.05, 4.69) is 29.1 Å². The number of hydrogen-bond acceptors (Lipinski definition) is 1. The number of halogens is 1. The summed E-state index contributed by atoms with van der Waals surface area (Å²) < 4.78 is 2.28. The van der Waals surface area contributed by atoms with E-state index in [0.717, 1.165) is 23.5 Å². The van der Waals surface area contributed by atoms with Crippen LogP contribution in [0.4, 0.5) is 5.69 Å². The first-order valence-corrected chi connectivity index (χ1v) is 5.50. The summed E-state index contributed by atoms with van der Waals surface area (Å²) in [7, 11) is 0. The fraction of sp³-hybridized carbons (Fsp3) is 0.308. The zero-order valence-corrected chi connectivity index (χ0v) is 10.7. The van der Waals surface area contributed by atoms with E-state index in [1.54, 1.807) is 0 Å². The number of hydrogen-bond donors (Lipinski definition) is 1. The van der Waals surface area contributed by atoms with Gasteiger partial charge in [0.2, 0.25) is 0 Å². The van der Waals surface area contributed by atoms with Crippen LogP contribution in [0.5, 0.6) is 0 Å². The summed E-state index contributed by atoms with van der Waals surface area (Å²) in [6.07, 6.45) is 7.12. The summed E-state index contributed by atoms with van der Waals surface area (Å²) in [5.74, 6) is 0.911. The van der Waals surface area contributed by atoms with Crippen LogP contribution in [0.15, 0.2) is 36.7 Å². The van der Waals surface area contributed by atoms with Crippen molar-refractivity contribution in [1.82, 2.24) is 0 Å². The maximum absolute atomic E-state index is 5.91. The molecule has 16 heavy (non-hydrogen) atoms. The summed E-state index contributed by atoms with van der Waals surface area (Å²) in [4.78, 5) is 0. The Morgan fingerprint density at radius 3 is 2.81 bits per heavy atom. The van der Waals surface area contributed by atoms with Crippen LogP contribution in [0.2, 0.25) is 0 Å². The van der Waals surface area contributed by atoms with Crippen LogP contribution in [0, 0.1) is 5.92 Å². The number of nitrogens with two attached hydrogens (primary N) is 1. The minimum atomic E-state index is 0. The largest absolute Gasteiger partial charge is 1.00 e. The molecule has 2 N–H and O–H groups in total. The lowest BCUT2D eigenvalue weighted by atomic mass is 10.1. The van der Waals surface area contributed by atoms with Crippen molar-refractivity contribution in [1.29, 1.82) is 0 Å². The van der Waals surface area contributed by atoms with E-state index in [1.807, 2.05) is 12.1 Å². The van der Waals surface area contributed by atoms with Gasteiger partial charge in [-0.15, -0.1) is 0 Å². The summed E-state index contributed by atoms with van der Waals surface area (Å²) >= 11 is 0. The standard InChI is InChI=1S/C13H15N2.BrH/c14-13-3-1-2-11-9-15(7-6-12(11)13)8-10-4-5-10;/h1-3,6-7,9-10H,4-5,8,14H2;1H/q+1;/p-1. The van der Waals surface area contributed by atoms with Crippen LogP contribution in [-0.4, -0.2) is 0 Å². The second kappa shape index (κ2) is 4.42. The predicted octanol–water partition coefficient (Wildman–Crippen LogP) is -0.876. The molecule has 1 fully saturated rings. The lowest BCUT2D eigenvalue weighted by Crippen LogP contribution is -3.00. The smallest absolute Gasteiger partial charge is 0.176 e. The predicted molar refractivity (Wildman–Crippen MR) is 61.3 cm³/mol. The fourth-order valence-corrected chi connectivity index (χ4v) is 2.01. The lowest BCUT2D eigenvalue weighted by molar-refractivity contribution is -0.698. The first-order valence-electron chi connectivity index (χ1n) is 5.50. The van der Waals surface area contributed by atoms with Gasteiger partial charge < -0.3 is 22.7 Å². The molecule has 2 nitrogen and oxygen atoms in total. The van der Waals surface area contributed by atoms with E-state index in [-0.39, 0.29) is 17.0 Å². The third kappa shape index (κ3) is 2.19. The second-order valence-electron chi connectivity index (χ2n) is 4.44. The number of nitrogens with zero attached hydrogens (tertiary/aromatic N) is 1. The molecule has 1 aromatic heterocycles. The molecule has 1 aromatic carbocycles. The fourth-order valence-electron chi connectivity index (χ4n) is 2.01. The Bertz CT molecular complexity index is 506. The summed E-state index contributed by atoms with van der Waals surface area (Å²) in [5.41, 5.74) is 6.78. The zero-order chi connectivity index (χ0) is 10.3. The molecule has 0 radical (unpaired) electrons. The molecule has 0 bridgehead atoms. The Labute approximate surface area is 106 Å². The Hall–Kier alpha value is -1.09. The van der Waals surface area contributed by atoms with E-state index >= 15 is 0 Å². The first-order chi connectivity index (χ1) is 7.33. The van der Waals surface area contributed by atoms with E-state index < -0.39 is 0 Å². The van der Waals surface area contributed by atoms with Gasteiger partial charge in [-0.05, 0) is 25.0 Å². The normalized spacial score (nSPS) is 14.8. The van der Waals surface area contributed by atoms with Gasteiger partial charge in [0.25, 0.3) is 0 Å². The number of anilines is 1. The first kappa shape index (κ1) is 11.4. The summed E-state index contributed by atoms with van der Waals surface area (Å²) in [6, 6.07) is 8.20. The molecule has 0 spiro atoms. The molecule has 1 saturated carbocycles. The molecule has 0 saturated heterocycles. The van der Waals surface area contributed by atoms with Gasteiger partial charge in [-0.3, -0.25) is 0 Å². The van der Waals surface area contributed by atoms with Crippen LogP contribution in [0.1, 0.15) is 12.8 Å². The van der Waals surface area contributed by atoms with E-state index in [4.69, 9.17) is 5.73 Å². The number of aromatic nitrogens is 1. The van der Waals surface area contributed by atoms with Crippen molar-refractivity contribution >= 4 is 16.5 Å². The molecule has 0 atom stereocenters. The molecule has 2 aromatic rings. The number of fused-ring (bicyclic) bond motifs is 1. The monoisotopic (exact) mass is 278 g/mol. The van der Waals surface area contributed by atoms with Gasteiger partial charge in [-0.25, -0.2) is 4.57 Å². The van der Waals surface area contributed by atoms with Crippen molar-refractivity contribution in [3.8, 4) is 0 Å². The Morgan fingerprint density at radius 2 is 2.06 bits per heavy atom. The van der Waals surface area contributed by atoms with Crippen molar-refractivity contribution in [2.45, 2.75) is 19.4 Å². The molecule has 1 heterocycles. The highest BCUT2D eigenvalue weighted by Gasteiger charge is 2.25. The van der Waals surface area contributed by atoms with Crippen LogP contribution in [0.3, 0.4) is 0 Å². The summed E-state index contributed by atoms with van der Waals surface area (Å²) in [6.45, 7) is 1.16. The number of benzene rings is 1. The molecule has 0 amide bonds. The molecule has 84 valence electrons. The highest BCUT2D eigenvalue weighted by molar-refractivity contribution is 5.91. The topological polar surface area (TPSA) is 29.9 Å². The van der Waals surface area contributed by atoms with Crippen molar-refractivity contribution in [2.75, 3.05) is 5.73 Å². The van der Waals surface area contributed by atoms with Gasteiger partial charge in [-0.1, -0.05) is 6.07 Å². The minimum Gasteiger partial charge on any atom is -1.00 e. The Balaban J connectivity index is 0.000000963. The van der Waals surface area contributed by atoms with Crippen LogP contribution >= 0.6 is 0 Å². The van der Waals surface area contributed by atoms with Gasteiger partial charge in [0, 0.05) is 28.4 Å². The molecule has 1 aliphatic carbocycles. The maximum atomic E-state index is 5.91. The van der Waals surface area contributed by atoms with Gasteiger partial charge in [0.15, 0.2) is 18.9 Å². The van der Waals surface area contributed by atoms with Crippen molar-refractivity contribution < 1.29 is 21.5 Å². The van der Waals surface area contributed by atoms with E-state index in [1.165, 1.54) is 18.2 Å². The lowest BCUT2D eigenvalue weighted by Gasteiger charge is -2.00. The van der Waals surface area contributed by atoms with Crippen LogP contribution in [-0.2, 0) is 6.54 Å². The van der Waals surface area contributed by atoms with Crippen molar-refractivity contribution in [3.63, 3.8) is 0 Å². The highest BCUT2D eigenvalue weighted by atomic mass is 79.9. The van der Waals surface area contributed by atoms with Gasteiger partial charge >= 0.3 is 0 Å². The van der Waals surface area contributed by atoms with Crippen molar-refractivity contribution in [2.24, 2.45) is 5.92 Å². The highest BCUT2D eigenvalue weighted by Crippen LogP contribution is 2.29. The van der Waals surface area contributed by atoms with Crippen molar-refractivity contribution in [3.05, 3.63) is 36.7 Å². The second-order valence-corrected chi connectivity index (χ2v) is 4.44. The molecular formula is C13H15BrN2. The molecule has 3 heteroatoms. The molecule has 3 rings (SSSR count). The van der Waals surface area contributed by atoms with Gasteiger partial charge in [-0.2, -0.15) is 0 Å². The van der Waals surface area contributed by atoms with Gasteiger partial charge in [0.05, 0.1) is 0 Å². The molecule has 1 aliphatic rings. The SMILES string of the molecule is Nc1cccc2c[n+](CC3CC3)ccc12.[Br-]. The van der Waals surface area contributed by atoms with E-state index in [9.17, 15) is 0 Å². The minimum absolute atomic E-state index is 0. The number of rotatable bonds is 2. The maximum Gasteiger partial charge on any atom is 0.176 e. The Morgan fingerprint density at radius 1 is 1.25 bits per heavy atom. The van der Waals surface area contributed by atoms with Crippen LogP contribution in [0.25, 0.3) is 10.8 Å².